The summed E-state index contributed by atoms with van der Waals surface area (Å²) in [6, 6.07) is 0. The van der Waals surface area contributed by atoms with E-state index in [-0.39, 0.29) is 0 Å². The first-order valence-electron chi connectivity index (χ1n) is 3.36. The molecule has 0 aliphatic carbocycles. The highest BCUT2D eigenvalue weighted by atomic mass is 35.7. The van der Waals surface area contributed by atoms with Crippen LogP contribution in [0.4, 0.5) is 0 Å². The van der Waals surface area contributed by atoms with Gasteiger partial charge >= 0.3 is 0 Å². The molecule has 0 aromatic rings. The monoisotopic (exact) mass is 165 g/mol. The standard InChI is InChI=1S/C6H12ClNS/c1-6-2-4-8(9-7)5-3-6/h6H,2-5H2,1H3. The summed E-state index contributed by atoms with van der Waals surface area (Å²) < 4.78 is 2.21. The van der Waals surface area contributed by atoms with E-state index in [0.29, 0.717) is 0 Å². The number of rotatable bonds is 1. The van der Waals surface area contributed by atoms with E-state index in [1.807, 2.05) is 0 Å². The Labute approximate surface area is 65.4 Å². The normalized spacial score (nSPS) is 24.7. The Kier molecular flexibility index (Phi) is 3.16. The zero-order valence-electron chi connectivity index (χ0n) is 5.64. The van der Waals surface area contributed by atoms with Crippen molar-refractivity contribution in [1.82, 2.24) is 4.31 Å². The third kappa shape index (κ3) is 2.36. The molecule has 0 bridgehead atoms. The second-order valence-electron chi connectivity index (χ2n) is 2.68. The van der Waals surface area contributed by atoms with E-state index in [0.717, 1.165) is 19.0 Å². The Hall–Kier alpha value is 0.600. The summed E-state index contributed by atoms with van der Waals surface area (Å²) in [5.74, 6) is 0.907. The van der Waals surface area contributed by atoms with Crippen LogP contribution in [0, 0.1) is 5.92 Å². The molecule has 0 amide bonds. The zero-order valence-corrected chi connectivity index (χ0v) is 7.21. The third-order valence-corrected chi connectivity index (χ3v) is 2.99. The van der Waals surface area contributed by atoms with E-state index in [1.54, 1.807) is 0 Å². The summed E-state index contributed by atoms with van der Waals surface area (Å²) in [4.78, 5) is 0. The highest BCUT2D eigenvalue weighted by molar-refractivity contribution is 8.19. The van der Waals surface area contributed by atoms with E-state index in [9.17, 15) is 0 Å². The van der Waals surface area contributed by atoms with E-state index in [1.165, 1.54) is 24.0 Å². The van der Waals surface area contributed by atoms with Crippen molar-refractivity contribution < 1.29 is 0 Å². The van der Waals surface area contributed by atoms with E-state index < -0.39 is 0 Å². The second kappa shape index (κ2) is 3.69. The molecule has 0 radical (unpaired) electrons. The van der Waals surface area contributed by atoms with Gasteiger partial charge in [-0.25, -0.2) is 4.31 Å². The predicted molar refractivity (Wildman–Crippen MR) is 43.4 cm³/mol. The summed E-state index contributed by atoms with van der Waals surface area (Å²) in [5.41, 5.74) is 0. The molecular formula is C6H12ClNS. The van der Waals surface area contributed by atoms with Crippen molar-refractivity contribution in [2.75, 3.05) is 13.1 Å². The molecule has 1 saturated heterocycles. The van der Waals surface area contributed by atoms with Crippen molar-refractivity contribution in [3.8, 4) is 0 Å². The fourth-order valence-electron chi connectivity index (χ4n) is 1.05. The Morgan fingerprint density at radius 3 is 2.44 bits per heavy atom. The summed E-state index contributed by atoms with van der Waals surface area (Å²) >= 11 is 1.35. The van der Waals surface area contributed by atoms with Gasteiger partial charge in [0.05, 0.1) is 0 Å². The molecule has 9 heavy (non-hydrogen) atoms. The quantitative estimate of drug-likeness (QED) is 0.550. The second-order valence-corrected chi connectivity index (χ2v) is 3.75. The maximum atomic E-state index is 5.57. The number of hydrogen-bond donors (Lipinski definition) is 0. The van der Waals surface area contributed by atoms with E-state index in [4.69, 9.17) is 10.7 Å². The lowest BCUT2D eigenvalue weighted by atomic mass is 10.0. The van der Waals surface area contributed by atoms with Crippen LogP contribution in [0.3, 0.4) is 0 Å². The summed E-state index contributed by atoms with van der Waals surface area (Å²) in [5, 5.41) is 0. The number of piperidine rings is 1. The molecule has 1 aliphatic rings. The maximum absolute atomic E-state index is 5.57. The van der Waals surface area contributed by atoms with Gasteiger partial charge in [-0.2, -0.15) is 0 Å². The molecule has 0 N–H and O–H groups in total. The van der Waals surface area contributed by atoms with Crippen LogP contribution < -0.4 is 0 Å². The first-order valence-corrected chi connectivity index (χ1v) is 4.96. The molecule has 54 valence electrons. The first kappa shape index (κ1) is 7.70. The van der Waals surface area contributed by atoms with E-state index in [2.05, 4.69) is 11.2 Å². The molecule has 1 nitrogen and oxygen atoms in total. The van der Waals surface area contributed by atoms with Crippen molar-refractivity contribution in [2.24, 2.45) is 5.92 Å². The van der Waals surface area contributed by atoms with Gasteiger partial charge in [0.2, 0.25) is 0 Å². The minimum Gasteiger partial charge on any atom is -0.237 e. The Balaban J connectivity index is 2.18. The molecule has 1 rings (SSSR count). The zero-order chi connectivity index (χ0) is 6.69. The molecule has 3 heteroatoms. The number of halogens is 1. The molecule has 0 atom stereocenters. The van der Waals surface area contributed by atoms with Crippen molar-refractivity contribution in [3.63, 3.8) is 0 Å². The van der Waals surface area contributed by atoms with Crippen LogP contribution in [0.1, 0.15) is 19.8 Å². The largest absolute Gasteiger partial charge is 0.237 e. The molecule has 1 fully saturated rings. The Bertz CT molecular complexity index is 81.1. The smallest absolute Gasteiger partial charge is 0.0307 e. The molecule has 0 aromatic carbocycles. The van der Waals surface area contributed by atoms with Gasteiger partial charge in [-0.1, -0.05) is 6.92 Å². The molecule has 0 spiro atoms. The lowest BCUT2D eigenvalue weighted by Gasteiger charge is -2.26. The number of nitrogens with zero attached hydrogens (tertiary/aromatic N) is 1. The van der Waals surface area contributed by atoms with Gasteiger partial charge in [0.1, 0.15) is 0 Å². The van der Waals surface area contributed by atoms with Crippen molar-refractivity contribution in [2.45, 2.75) is 19.8 Å². The van der Waals surface area contributed by atoms with Crippen molar-refractivity contribution in [3.05, 3.63) is 0 Å². The van der Waals surface area contributed by atoms with Crippen LogP contribution >= 0.6 is 21.8 Å². The lowest BCUT2D eigenvalue weighted by Crippen LogP contribution is -2.26. The Morgan fingerprint density at radius 1 is 1.44 bits per heavy atom. The SMILES string of the molecule is CC1CCN(SCl)CC1. The van der Waals surface area contributed by atoms with Gasteiger partial charge in [0.15, 0.2) is 0 Å². The van der Waals surface area contributed by atoms with Gasteiger partial charge in [-0.15, -0.1) is 0 Å². The maximum Gasteiger partial charge on any atom is 0.0307 e. The fourth-order valence-corrected chi connectivity index (χ4v) is 1.82. The topological polar surface area (TPSA) is 3.24 Å². The van der Waals surface area contributed by atoms with Gasteiger partial charge in [0.25, 0.3) is 0 Å². The summed E-state index contributed by atoms with van der Waals surface area (Å²) in [6.07, 6.45) is 2.61. The highest BCUT2D eigenvalue weighted by Gasteiger charge is 2.14. The van der Waals surface area contributed by atoms with Crippen LogP contribution in [-0.2, 0) is 0 Å². The minimum absolute atomic E-state index is 0.907. The molecule has 1 heterocycles. The van der Waals surface area contributed by atoms with Crippen LogP contribution in [0.2, 0.25) is 0 Å². The van der Waals surface area contributed by atoms with E-state index >= 15 is 0 Å². The van der Waals surface area contributed by atoms with Gasteiger partial charge < -0.3 is 0 Å². The van der Waals surface area contributed by atoms with Crippen LogP contribution in [0.25, 0.3) is 0 Å². The first-order chi connectivity index (χ1) is 4.33. The molecule has 1 aliphatic heterocycles. The van der Waals surface area contributed by atoms with Crippen molar-refractivity contribution >= 4 is 21.8 Å². The number of hydrogen-bond acceptors (Lipinski definition) is 2. The summed E-state index contributed by atoms with van der Waals surface area (Å²) in [6.45, 7) is 4.63. The molecule has 0 unspecified atom stereocenters. The fraction of sp³-hybridized carbons (Fsp3) is 1.00. The van der Waals surface area contributed by atoms with Crippen LogP contribution in [0.5, 0.6) is 0 Å². The van der Waals surface area contributed by atoms with Gasteiger partial charge in [-0.05, 0) is 29.4 Å². The minimum atomic E-state index is 0.907. The van der Waals surface area contributed by atoms with Crippen molar-refractivity contribution in [1.29, 1.82) is 0 Å². The average Bonchev–Trinajstić information content (AvgIpc) is 1.90. The predicted octanol–water partition coefficient (Wildman–Crippen LogP) is 2.52. The van der Waals surface area contributed by atoms with Crippen LogP contribution in [-0.4, -0.2) is 17.4 Å². The van der Waals surface area contributed by atoms with Crippen LogP contribution in [0.15, 0.2) is 0 Å². The van der Waals surface area contributed by atoms with Gasteiger partial charge in [-0.3, -0.25) is 0 Å². The molecular weight excluding hydrogens is 154 g/mol. The highest BCUT2D eigenvalue weighted by Crippen LogP contribution is 2.23. The van der Waals surface area contributed by atoms with Gasteiger partial charge in [0, 0.05) is 24.3 Å². The Morgan fingerprint density at radius 2 is 2.00 bits per heavy atom. The summed E-state index contributed by atoms with van der Waals surface area (Å²) in [7, 11) is 5.57. The third-order valence-electron chi connectivity index (χ3n) is 1.84. The lowest BCUT2D eigenvalue weighted by molar-refractivity contribution is 0.310. The molecule has 0 saturated carbocycles. The molecule has 0 aromatic heterocycles. The average molecular weight is 166 g/mol.